The summed E-state index contributed by atoms with van der Waals surface area (Å²) in [5.41, 5.74) is 5.71. The molecule has 0 radical (unpaired) electrons. The highest BCUT2D eigenvalue weighted by atomic mass is 35.5. The Morgan fingerprint density at radius 3 is 1.94 bits per heavy atom. The Morgan fingerprint density at radius 2 is 1.61 bits per heavy atom. The average Bonchev–Trinajstić information content (AvgIpc) is 2.20. The topological polar surface area (TPSA) is 126 Å². The van der Waals surface area contributed by atoms with E-state index < -0.39 is 10.4 Å². The number of thiol groups is 1. The van der Waals surface area contributed by atoms with E-state index >= 15 is 0 Å². The minimum Gasteiger partial charge on any atom is -0.394 e. The fourth-order valence-electron chi connectivity index (χ4n) is 0.806. The van der Waals surface area contributed by atoms with Crippen LogP contribution in [-0.4, -0.2) is 33.2 Å². The van der Waals surface area contributed by atoms with Gasteiger partial charge in [0.15, 0.2) is 10.3 Å². The summed E-state index contributed by atoms with van der Waals surface area (Å²) in [6.07, 6.45) is 1.60. The first-order valence-corrected chi connectivity index (χ1v) is 7.21. The van der Waals surface area contributed by atoms with Gasteiger partial charge in [-0.2, -0.15) is 21.0 Å². The van der Waals surface area contributed by atoms with Crippen molar-refractivity contribution in [1.29, 1.82) is 0 Å². The van der Waals surface area contributed by atoms with Gasteiger partial charge in [0, 0.05) is 6.42 Å². The summed E-state index contributed by atoms with van der Waals surface area (Å²) in [7, 11) is -4.67. The maximum Gasteiger partial charge on any atom is 0.394 e. The molecule has 0 fully saturated rings. The fraction of sp³-hybridized carbons (Fsp3) is 0.429. The van der Waals surface area contributed by atoms with E-state index in [-0.39, 0.29) is 16.0 Å². The number of aryl methyl sites for hydroxylation is 1. The number of rotatable bonds is 3. The minimum absolute atomic E-state index is 0.217. The van der Waals surface area contributed by atoms with Crippen LogP contribution in [0.4, 0.5) is 5.69 Å². The first-order chi connectivity index (χ1) is 8.15. The molecule has 4 N–H and O–H groups in total. The molecule has 1 rings (SSSR count). The zero-order valence-electron chi connectivity index (χ0n) is 8.92. The molecule has 1 aromatic rings. The quantitative estimate of drug-likeness (QED) is 0.375. The SMILES string of the molecule is Nc1c(Cl)nc(CCCS)nc1Cl.O=S(=O)(O)O. The van der Waals surface area contributed by atoms with Crippen LogP contribution in [0, 0.1) is 0 Å². The van der Waals surface area contributed by atoms with Gasteiger partial charge in [0.1, 0.15) is 11.5 Å². The number of halogens is 2. The molecular formula is C7H11Cl2N3O4S2. The van der Waals surface area contributed by atoms with Crippen molar-refractivity contribution in [2.45, 2.75) is 12.8 Å². The van der Waals surface area contributed by atoms with Crippen molar-refractivity contribution >= 4 is 51.9 Å². The maximum absolute atomic E-state index is 8.74. The van der Waals surface area contributed by atoms with E-state index in [1.807, 2.05) is 0 Å². The minimum atomic E-state index is -4.67. The Labute approximate surface area is 120 Å². The lowest BCUT2D eigenvalue weighted by molar-refractivity contribution is 0.381. The molecule has 0 unspecified atom stereocenters. The van der Waals surface area contributed by atoms with E-state index in [2.05, 4.69) is 22.6 Å². The van der Waals surface area contributed by atoms with Crippen LogP contribution in [0.25, 0.3) is 0 Å². The molecule has 11 heteroatoms. The summed E-state index contributed by atoms with van der Waals surface area (Å²) in [5, 5.41) is 0.434. The number of aromatic nitrogens is 2. The molecule has 1 heterocycles. The molecule has 0 atom stereocenters. The third-order valence-electron chi connectivity index (χ3n) is 1.46. The van der Waals surface area contributed by atoms with Crippen molar-refractivity contribution in [1.82, 2.24) is 9.97 Å². The van der Waals surface area contributed by atoms with E-state index in [9.17, 15) is 0 Å². The van der Waals surface area contributed by atoms with Gasteiger partial charge >= 0.3 is 10.4 Å². The standard InChI is InChI=1S/C7H9Cl2N3S.H2O4S/c8-6-5(10)7(9)12-4(11-6)2-1-3-13;1-5(2,3)4/h13H,1-3,10H2;(H2,1,2,3,4). The zero-order chi connectivity index (χ0) is 14.3. The van der Waals surface area contributed by atoms with Gasteiger partial charge in [-0.1, -0.05) is 23.2 Å². The van der Waals surface area contributed by atoms with Crippen molar-refractivity contribution in [3.63, 3.8) is 0 Å². The fourth-order valence-corrected chi connectivity index (χ4v) is 1.39. The van der Waals surface area contributed by atoms with E-state index in [1.165, 1.54) is 0 Å². The molecule has 104 valence electrons. The highest BCUT2D eigenvalue weighted by Gasteiger charge is 2.07. The predicted octanol–water partition coefficient (Wildman–Crippen LogP) is 1.58. The zero-order valence-corrected chi connectivity index (χ0v) is 12.1. The smallest absolute Gasteiger partial charge is 0.394 e. The molecule has 0 aliphatic heterocycles. The van der Waals surface area contributed by atoms with E-state index in [1.54, 1.807) is 0 Å². The molecular weight excluding hydrogens is 325 g/mol. The molecule has 0 saturated carbocycles. The number of nitrogen functional groups attached to an aromatic ring is 1. The molecule has 0 aliphatic carbocycles. The molecule has 0 spiro atoms. The third-order valence-corrected chi connectivity index (χ3v) is 2.35. The van der Waals surface area contributed by atoms with Gasteiger partial charge in [0.25, 0.3) is 0 Å². The number of hydrogen-bond acceptors (Lipinski definition) is 6. The van der Waals surface area contributed by atoms with E-state index in [0.717, 1.165) is 12.2 Å². The second kappa shape index (κ2) is 7.97. The van der Waals surface area contributed by atoms with Crippen LogP contribution in [0.2, 0.25) is 10.3 Å². The highest BCUT2D eigenvalue weighted by molar-refractivity contribution is 7.80. The lowest BCUT2D eigenvalue weighted by Gasteiger charge is -2.02. The van der Waals surface area contributed by atoms with Gasteiger partial charge in [-0.05, 0) is 12.2 Å². The Morgan fingerprint density at radius 1 is 1.22 bits per heavy atom. The van der Waals surface area contributed by atoms with Crippen molar-refractivity contribution in [3.8, 4) is 0 Å². The first kappa shape index (κ1) is 17.7. The third kappa shape index (κ3) is 8.72. The highest BCUT2D eigenvalue weighted by Crippen LogP contribution is 2.23. The summed E-state index contributed by atoms with van der Waals surface area (Å²) < 4.78 is 31.6. The van der Waals surface area contributed by atoms with Crippen LogP contribution in [0.15, 0.2) is 0 Å². The van der Waals surface area contributed by atoms with Gasteiger partial charge < -0.3 is 5.73 Å². The summed E-state index contributed by atoms with van der Waals surface area (Å²) in [5.74, 6) is 1.39. The first-order valence-electron chi connectivity index (χ1n) is 4.43. The summed E-state index contributed by atoms with van der Waals surface area (Å²) >= 11 is 15.5. The summed E-state index contributed by atoms with van der Waals surface area (Å²) in [6, 6.07) is 0. The van der Waals surface area contributed by atoms with E-state index in [0.29, 0.717) is 12.2 Å². The van der Waals surface area contributed by atoms with Crippen molar-refractivity contribution in [2.24, 2.45) is 0 Å². The van der Waals surface area contributed by atoms with E-state index in [4.69, 9.17) is 46.5 Å². The Bertz CT molecular complexity index is 466. The normalized spacial score (nSPS) is 10.7. The lowest BCUT2D eigenvalue weighted by Crippen LogP contribution is -2.00. The number of hydrogen-bond donors (Lipinski definition) is 4. The van der Waals surface area contributed by atoms with Crippen LogP contribution >= 0.6 is 35.8 Å². The summed E-state index contributed by atoms with van der Waals surface area (Å²) in [6.45, 7) is 0. The molecule has 7 nitrogen and oxygen atoms in total. The Hall–Kier alpha value is -0.320. The van der Waals surface area contributed by atoms with Gasteiger partial charge in [-0.25, -0.2) is 9.97 Å². The number of anilines is 1. The summed E-state index contributed by atoms with van der Waals surface area (Å²) in [4.78, 5) is 7.96. The van der Waals surface area contributed by atoms with Crippen LogP contribution in [0.3, 0.4) is 0 Å². The molecule has 0 amide bonds. The second-order valence-corrected chi connectivity index (χ2v) is 4.97. The largest absolute Gasteiger partial charge is 0.394 e. The van der Waals surface area contributed by atoms with Gasteiger partial charge in [0.2, 0.25) is 0 Å². The monoisotopic (exact) mass is 335 g/mol. The molecule has 18 heavy (non-hydrogen) atoms. The van der Waals surface area contributed by atoms with Gasteiger partial charge in [-0.3, -0.25) is 9.11 Å². The van der Waals surface area contributed by atoms with Crippen LogP contribution in [-0.2, 0) is 16.8 Å². The van der Waals surface area contributed by atoms with Crippen molar-refractivity contribution < 1.29 is 17.5 Å². The van der Waals surface area contributed by atoms with Crippen LogP contribution < -0.4 is 5.73 Å². The molecule has 0 aromatic carbocycles. The van der Waals surface area contributed by atoms with Crippen molar-refractivity contribution in [2.75, 3.05) is 11.5 Å². The Kier molecular flexibility index (Phi) is 7.83. The second-order valence-electron chi connectivity index (χ2n) is 2.91. The van der Waals surface area contributed by atoms with Gasteiger partial charge in [-0.15, -0.1) is 0 Å². The molecule has 1 aromatic heterocycles. The lowest BCUT2D eigenvalue weighted by atomic mass is 10.3. The molecule has 0 bridgehead atoms. The molecule has 0 saturated heterocycles. The average molecular weight is 336 g/mol. The number of nitrogens with zero attached hydrogens (tertiary/aromatic N) is 2. The van der Waals surface area contributed by atoms with Gasteiger partial charge in [0.05, 0.1) is 0 Å². The maximum atomic E-state index is 8.74. The van der Waals surface area contributed by atoms with Crippen LogP contribution in [0.1, 0.15) is 12.2 Å². The molecule has 0 aliphatic rings. The van der Waals surface area contributed by atoms with Crippen LogP contribution in [0.5, 0.6) is 0 Å². The predicted molar refractivity (Wildman–Crippen MR) is 72.8 cm³/mol. The number of nitrogens with two attached hydrogens (primary N) is 1. The Balaban J connectivity index is 0.000000494. The van der Waals surface area contributed by atoms with Crippen molar-refractivity contribution in [3.05, 3.63) is 16.1 Å².